The summed E-state index contributed by atoms with van der Waals surface area (Å²) >= 11 is 0. The second-order valence-corrected chi connectivity index (χ2v) is 10.9. The standard InChI is InChI=1S/C35H40FN5O5/c1-25(26-11-6-4-7-12-26)46-35(42)41(30-15-14-28(43-2)24-32(30)44-3)33-17-18-37-34(39-33)38-27-13-16-31(29(36)23-27)45-22-10-21-40-19-8-5-9-20-40/h4,6-7,11-18,23-25H,5,8-10,19-22H2,1-3H3,(H,37,38,39). The Balaban J connectivity index is 1.32. The molecular formula is C35H40FN5O5. The molecule has 0 saturated carbocycles. The van der Waals surface area contributed by atoms with Gasteiger partial charge >= 0.3 is 6.09 Å². The van der Waals surface area contributed by atoms with Crippen molar-refractivity contribution in [1.82, 2.24) is 14.9 Å². The van der Waals surface area contributed by atoms with Gasteiger partial charge in [-0.2, -0.15) is 4.98 Å². The molecule has 1 atom stereocenters. The van der Waals surface area contributed by atoms with Crippen molar-refractivity contribution in [3.8, 4) is 17.2 Å². The summed E-state index contributed by atoms with van der Waals surface area (Å²) in [5.41, 5.74) is 1.63. The van der Waals surface area contributed by atoms with Gasteiger partial charge in [0.15, 0.2) is 11.6 Å². The summed E-state index contributed by atoms with van der Waals surface area (Å²) in [4.78, 5) is 26.4. The van der Waals surface area contributed by atoms with Crippen LogP contribution in [-0.2, 0) is 4.74 Å². The first-order valence-electron chi connectivity index (χ1n) is 15.5. The Labute approximate surface area is 269 Å². The van der Waals surface area contributed by atoms with Crippen LogP contribution in [0.3, 0.4) is 0 Å². The van der Waals surface area contributed by atoms with E-state index in [1.54, 1.807) is 50.4 Å². The van der Waals surface area contributed by atoms with E-state index in [4.69, 9.17) is 18.9 Å². The third-order valence-corrected chi connectivity index (χ3v) is 7.74. The van der Waals surface area contributed by atoms with Crippen LogP contribution in [0.15, 0.2) is 79.0 Å². The lowest BCUT2D eigenvalue weighted by Gasteiger charge is -2.26. The van der Waals surface area contributed by atoms with Crippen molar-refractivity contribution in [2.75, 3.05) is 50.7 Å². The molecule has 2 heterocycles. The second kappa shape index (κ2) is 15.9. The molecule has 0 spiro atoms. The molecule has 1 unspecified atom stereocenters. The van der Waals surface area contributed by atoms with Crippen LogP contribution in [0.1, 0.15) is 44.3 Å². The number of nitrogens with zero attached hydrogens (tertiary/aromatic N) is 4. The third-order valence-electron chi connectivity index (χ3n) is 7.74. The number of halogens is 1. The Kier molecular flexibility index (Phi) is 11.2. The molecule has 1 amide bonds. The number of benzene rings is 3. The molecule has 10 nitrogen and oxygen atoms in total. The number of anilines is 4. The number of carbonyl (C=O) groups is 1. The van der Waals surface area contributed by atoms with Crippen molar-refractivity contribution in [1.29, 1.82) is 0 Å². The van der Waals surface area contributed by atoms with E-state index in [2.05, 4.69) is 20.2 Å². The molecule has 1 aliphatic rings. The van der Waals surface area contributed by atoms with Crippen molar-refractivity contribution >= 4 is 29.2 Å². The van der Waals surface area contributed by atoms with Crippen molar-refractivity contribution in [3.63, 3.8) is 0 Å². The summed E-state index contributed by atoms with van der Waals surface area (Å²) in [5, 5.41) is 3.03. The monoisotopic (exact) mass is 629 g/mol. The smallest absolute Gasteiger partial charge is 0.420 e. The van der Waals surface area contributed by atoms with Gasteiger partial charge < -0.3 is 29.2 Å². The largest absolute Gasteiger partial charge is 0.497 e. The van der Waals surface area contributed by atoms with Gasteiger partial charge in [-0.25, -0.2) is 19.1 Å². The molecular weight excluding hydrogens is 589 g/mol. The maximum atomic E-state index is 15.0. The number of amides is 1. The quantitative estimate of drug-likeness (QED) is 0.149. The second-order valence-electron chi connectivity index (χ2n) is 10.9. The number of hydrogen-bond donors (Lipinski definition) is 1. The van der Waals surface area contributed by atoms with Crippen LogP contribution in [0, 0.1) is 5.82 Å². The molecule has 0 bridgehead atoms. The molecule has 1 N–H and O–H groups in total. The van der Waals surface area contributed by atoms with Gasteiger partial charge in [0.05, 0.1) is 26.5 Å². The highest BCUT2D eigenvalue weighted by atomic mass is 19.1. The summed E-state index contributed by atoms with van der Waals surface area (Å²) in [6.45, 7) is 5.43. The van der Waals surface area contributed by atoms with Crippen molar-refractivity contribution < 1.29 is 28.1 Å². The zero-order valence-corrected chi connectivity index (χ0v) is 26.4. The number of ether oxygens (including phenoxy) is 4. The molecule has 5 rings (SSSR count). The molecule has 3 aromatic carbocycles. The molecule has 0 aliphatic carbocycles. The number of likely N-dealkylation sites (tertiary alicyclic amines) is 1. The van der Waals surface area contributed by atoms with E-state index in [0.29, 0.717) is 29.5 Å². The lowest BCUT2D eigenvalue weighted by molar-refractivity contribution is 0.116. The van der Waals surface area contributed by atoms with Crippen LogP contribution in [0.5, 0.6) is 17.2 Å². The number of rotatable bonds is 13. The zero-order chi connectivity index (χ0) is 32.3. The Morgan fingerprint density at radius 3 is 2.52 bits per heavy atom. The van der Waals surface area contributed by atoms with Gasteiger partial charge in [0, 0.05) is 36.6 Å². The number of piperidine rings is 1. The van der Waals surface area contributed by atoms with E-state index in [0.717, 1.165) is 31.6 Å². The van der Waals surface area contributed by atoms with E-state index in [1.165, 1.54) is 43.5 Å². The Morgan fingerprint density at radius 2 is 1.78 bits per heavy atom. The molecule has 1 saturated heterocycles. The summed E-state index contributed by atoms with van der Waals surface area (Å²) in [5.74, 6) is 0.960. The molecule has 1 aromatic heterocycles. The van der Waals surface area contributed by atoms with E-state index in [1.807, 2.05) is 30.3 Å². The highest BCUT2D eigenvalue weighted by Gasteiger charge is 2.27. The van der Waals surface area contributed by atoms with Gasteiger partial charge in [-0.1, -0.05) is 36.8 Å². The molecule has 1 fully saturated rings. The molecule has 242 valence electrons. The number of carbonyl (C=O) groups excluding carboxylic acids is 1. The van der Waals surface area contributed by atoms with Gasteiger partial charge in [0.25, 0.3) is 0 Å². The Bertz CT molecular complexity index is 1590. The molecule has 11 heteroatoms. The minimum Gasteiger partial charge on any atom is -0.497 e. The summed E-state index contributed by atoms with van der Waals surface area (Å²) in [7, 11) is 3.04. The predicted octanol–water partition coefficient (Wildman–Crippen LogP) is 7.67. The summed E-state index contributed by atoms with van der Waals surface area (Å²) in [6, 6.07) is 20.7. The van der Waals surface area contributed by atoms with Gasteiger partial charge in [-0.3, -0.25) is 0 Å². The van der Waals surface area contributed by atoms with E-state index in [-0.39, 0.29) is 17.5 Å². The fraction of sp³-hybridized carbons (Fsp3) is 0.343. The first-order valence-corrected chi connectivity index (χ1v) is 15.5. The first-order chi connectivity index (χ1) is 22.4. The molecule has 4 aromatic rings. The topological polar surface area (TPSA) is 98.3 Å². The van der Waals surface area contributed by atoms with Crippen molar-refractivity contribution in [2.24, 2.45) is 0 Å². The highest BCUT2D eigenvalue weighted by Crippen LogP contribution is 2.37. The summed E-state index contributed by atoms with van der Waals surface area (Å²) in [6.07, 6.45) is 4.87. The minimum atomic E-state index is -0.683. The third kappa shape index (κ3) is 8.42. The number of nitrogens with one attached hydrogen (secondary N) is 1. The van der Waals surface area contributed by atoms with Gasteiger partial charge in [0.2, 0.25) is 5.95 Å². The molecule has 46 heavy (non-hydrogen) atoms. The van der Waals surface area contributed by atoms with Gasteiger partial charge in [-0.05, 0) is 69.1 Å². The predicted molar refractivity (Wildman–Crippen MR) is 175 cm³/mol. The van der Waals surface area contributed by atoms with Gasteiger partial charge in [0.1, 0.15) is 23.4 Å². The Hall–Kier alpha value is -4.90. The summed E-state index contributed by atoms with van der Waals surface area (Å²) < 4.78 is 37.5. The first kappa shape index (κ1) is 32.5. The average Bonchev–Trinajstić information content (AvgIpc) is 3.08. The van der Waals surface area contributed by atoms with Gasteiger partial charge in [-0.15, -0.1) is 0 Å². The van der Waals surface area contributed by atoms with Crippen LogP contribution >= 0.6 is 0 Å². The maximum absolute atomic E-state index is 15.0. The van der Waals surface area contributed by atoms with Crippen LogP contribution in [0.2, 0.25) is 0 Å². The van der Waals surface area contributed by atoms with Crippen LogP contribution in [0.25, 0.3) is 0 Å². The molecule has 0 radical (unpaired) electrons. The fourth-order valence-electron chi connectivity index (χ4n) is 5.29. The number of hydrogen-bond acceptors (Lipinski definition) is 9. The van der Waals surface area contributed by atoms with Crippen LogP contribution in [-0.4, -0.2) is 61.4 Å². The van der Waals surface area contributed by atoms with Crippen molar-refractivity contribution in [3.05, 3.63) is 90.4 Å². The average molecular weight is 630 g/mol. The highest BCUT2D eigenvalue weighted by molar-refractivity contribution is 5.97. The van der Waals surface area contributed by atoms with E-state index >= 15 is 0 Å². The lowest BCUT2D eigenvalue weighted by atomic mass is 10.1. The number of methoxy groups -OCH3 is 2. The Morgan fingerprint density at radius 1 is 0.978 bits per heavy atom. The van der Waals surface area contributed by atoms with Crippen LogP contribution in [0.4, 0.5) is 32.3 Å². The number of aromatic nitrogens is 2. The fourth-order valence-corrected chi connectivity index (χ4v) is 5.29. The maximum Gasteiger partial charge on any atom is 0.420 e. The molecule has 1 aliphatic heterocycles. The van der Waals surface area contributed by atoms with Crippen LogP contribution < -0.4 is 24.4 Å². The SMILES string of the molecule is COc1ccc(N(C(=O)OC(C)c2ccccc2)c2ccnc(Nc3ccc(OCCCN4CCCCC4)c(F)c3)n2)c(OC)c1. The van der Waals surface area contributed by atoms with Crippen molar-refractivity contribution in [2.45, 2.75) is 38.7 Å². The lowest BCUT2D eigenvalue weighted by Crippen LogP contribution is -2.31. The normalized spacial score (nSPS) is 13.8. The van der Waals surface area contributed by atoms with E-state index in [9.17, 15) is 9.18 Å². The minimum absolute atomic E-state index is 0.147. The zero-order valence-electron chi connectivity index (χ0n) is 26.4. The van der Waals surface area contributed by atoms with E-state index < -0.39 is 18.0 Å².